The molecule has 2 saturated heterocycles. The number of hydrogen-bond acceptors (Lipinski definition) is 5. The molecule has 1 unspecified atom stereocenters. The summed E-state index contributed by atoms with van der Waals surface area (Å²) < 4.78 is 5.24. The molecule has 3 heterocycles. The summed E-state index contributed by atoms with van der Waals surface area (Å²) in [6, 6.07) is 9.25. The minimum absolute atomic E-state index is 0.0122. The van der Waals surface area contributed by atoms with E-state index in [0.29, 0.717) is 37.5 Å². The summed E-state index contributed by atoms with van der Waals surface area (Å²) in [6.07, 6.45) is 0.854. The van der Waals surface area contributed by atoms with Gasteiger partial charge in [-0.1, -0.05) is 6.07 Å². The number of hydrogen-bond donors (Lipinski definition) is 0. The van der Waals surface area contributed by atoms with Crippen molar-refractivity contribution in [2.75, 3.05) is 45.2 Å². The molecule has 0 bridgehead atoms. The van der Waals surface area contributed by atoms with E-state index in [0.717, 1.165) is 12.1 Å². The Morgan fingerprint density at radius 3 is 2.85 bits per heavy atom. The molecule has 2 aliphatic rings. The molecule has 7 heteroatoms. The normalized spacial score (nSPS) is 23.3. The summed E-state index contributed by atoms with van der Waals surface area (Å²) in [6.45, 7) is 2.29. The first kappa shape index (κ1) is 18.0. The Bertz CT molecular complexity index is 854. The maximum Gasteiger partial charge on any atom is 0.254 e. The molecule has 0 aliphatic carbocycles. The predicted octanol–water partition coefficient (Wildman–Crippen LogP) is 2.32. The van der Waals surface area contributed by atoms with Gasteiger partial charge >= 0.3 is 0 Å². The highest BCUT2D eigenvalue weighted by Crippen LogP contribution is 2.34. The van der Waals surface area contributed by atoms with E-state index >= 15 is 0 Å². The number of carbonyl (C=O) groups excluding carboxylic acids is 2. The second-order valence-electron chi connectivity index (χ2n) is 7.25. The fourth-order valence-corrected chi connectivity index (χ4v) is 4.66. The van der Waals surface area contributed by atoms with Gasteiger partial charge in [-0.25, -0.2) is 0 Å². The van der Waals surface area contributed by atoms with Crippen molar-refractivity contribution >= 4 is 28.8 Å². The fraction of sp³-hybridized carbons (Fsp3) is 0.400. The Balaban J connectivity index is 1.54. The predicted molar refractivity (Wildman–Crippen MR) is 106 cm³/mol. The second-order valence-corrected chi connectivity index (χ2v) is 8.03. The van der Waals surface area contributed by atoms with Crippen LogP contribution < -0.4 is 9.64 Å². The van der Waals surface area contributed by atoms with E-state index in [4.69, 9.17) is 4.74 Å². The molecule has 1 aromatic carbocycles. The zero-order valence-electron chi connectivity index (χ0n) is 15.6. The van der Waals surface area contributed by atoms with E-state index < -0.39 is 0 Å². The molecule has 2 amide bonds. The summed E-state index contributed by atoms with van der Waals surface area (Å²) in [7, 11) is 3.59. The van der Waals surface area contributed by atoms with E-state index in [1.165, 1.54) is 0 Å². The van der Waals surface area contributed by atoms with Gasteiger partial charge in [-0.2, -0.15) is 11.3 Å². The molecular formula is C20H23N3O3S. The summed E-state index contributed by atoms with van der Waals surface area (Å²) in [4.78, 5) is 31.4. The Morgan fingerprint density at radius 1 is 1.26 bits per heavy atom. The molecule has 27 heavy (non-hydrogen) atoms. The minimum Gasteiger partial charge on any atom is -0.497 e. The van der Waals surface area contributed by atoms with Crippen LogP contribution in [0.3, 0.4) is 0 Å². The van der Waals surface area contributed by atoms with Crippen molar-refractivity contribution < 1.29 is 14.3 Å². The van der Waals surface area contributed by atoms with Gasteiger partial charge in [0.1, 0.15) is 5.75 Å². The van der Waals surface area contributed by atoms with Crippen LogP contribution in [0.4, 0.5) is 5.69 Å². The van der Waals surface area contributed by atoms with Gasteiger partial charge in [-0.15, -0.1) is 0 Å². The highest BCUT2D eigenvalue weighted by Gasteiger charge is 2.48. The molecule has 0 saturated carbocycles. The number of piperazine rings is 1. The van der Waals surface area contributed by atoms with Crippen molar-refractivity contribution in [3.63, 3.8) is 0 Å². The Morgan fingerprint density at radius 2 is 2.11 bits per heavy atom. The molecule has 6 nitrogen and oxygen atoms in total. The van der Waals surface area contributed by atoms with Crippen LogP contribution in [0.1, 0.15) is 16.8 Å². The number of nitrogens with zero attached hydrogens (tertiary/aromatic N) is 3. The summed E-state index contributed by atoms with van der Waals surface area (Å²) in [5, 5.41) is 3.99. The number of likely N-dealkylation sites (N-methyl/N-ethyl adjacent to an activating group) is 1. The number of likely N-dealkylation sites (tertiary alicyclic amines) is 1. The molecule has 1 spiro atoms. The van der Waals surface area contributed by atoms with Gasteiger partial charge in [0.15, 0.2) is 0 Å². The average molecular weight is 385 g/mol. The van der Waals surface area contributed by atoms with Gasteiger partial charge in [0.05, 0.1) is 24.9 Å². The lowest BCUT2D eigenvalue weighted by Gasteiger charge is -2.46. The Kier molecular flexibility index (Phi) is 4.65. The van der Waals surface area contributed by atoms with Gasteiger partial charge in [0.25, 0.3) is 5.91 Å². The molecule has 2 fully saturated rings. The molecule has 2 aliphatic heterocycles. The van der Waals surface area contributed by atoms with Gasteiger partial charge in [-0.3, -0.25) is 14.5 Å². The molecule has 0 N–H and O–H groups in total. The van der Waals surface area contributed by atoms with Gasteiger partial charge in [0.2, 0.25) is 5.91 Å². The monoisotopic (exact) mass is 385 g/mol. The number of anilines is 1. The van der Waals surface area contributed by atoms with E-state index in [1.807, 2.05) is 51.9 Å². The molecular weight excluding hydrogens is 362 g/mol. The molecule has 2 aromatic rings. The highest BCUT2D eigenvalue weighted by molar-refractivity contribution is 7.08. The zero-order valence-corrected chi connectivity index (χ0v) is 16.4. The van der Waals surface area contributed by atoms with Crippen molar-refractivity contribution in [1.82, 2.24) is 9.80 Å². The third-order valence-electron chi connectivity index (χ3n) is 5.69. The van der Waals surface area contributed by atoms with Gasteiger partial charge < -0.3 is 14.5 Å². The average Bonchev–Trinajstić information content (AvgIpc) is 3.35. The first-order chi connectivity index (χ1) is 13.0. The first-order valence-electron chi connectivity index (χ1n) is 8.99. The van der Waals surface area contributed by atoms with E-state index in [1.54, 1.807) is 24.5 Å². The number of amides is 2. The number of thiophene rings is 1. The van der Waals surface area contributed by atoms with Crippen molar-refractivity contribution in [3.8, 4) is 5.75 Å². The molecule has 0 radical (unpaired) electrons. The molecule has 142 valence electrons. The van der Waals surface area contributed by atoms with Crippen molar-refractivity contribution in [1.29, 1.82) is 0 Å². The van der Waals surface area contributed by atoms with Crippen molar-refractivity contribution in [3.05, 3.63) is 46.7 Å². The lowest BCUT2D eigenvalue weighted by molar-refractivity contribution is -0.123. The SMILES string of the molecule is COc1cccc(C(=O)N2CCC3(C2)CN(c2ccsc2)C(=O)CN3C)c1. The Labute approximate surface area is 162 Å². The van der Waals surface area contributed by atoms with Crippen molar-refractivity contribution in [2.24, 2.45) is 0 Å². The smallest absolute Gasteiger partial charge is 0.254 e. The number of methoxy groups -OCH3 is 1. The summed E-state index contributed by atoms with van der Waals surface area (Å²) in [5.41, 5.74) is 1.38. The van der Waals surface area contributed by atoms with Crippen LogP contribution in [0.25, 0.3) is 0 Å². The van der Waals surface area contributed by atoms with Crippen LogP contribution in [0.15, 0.2) is 41.1 Å². The van der Waals surface area contributed by atoms with E-state index in [2.05, 4.69) is 4.90 Å². The third-order valence-corrected chi connectivity index (χ3v) is 6.36. The van der Waals surface area contributed by atoms with Crippen LogP contribution in [-0.2, 0) is 4.79 Å². The molecule has 4 rings (SSSR count). The lowest BCUT2D eigenvalue weighted by Crippen LogP contribution is -2.64. The van der Waals surface area contributed by atoms with E-state index in [9.17, 15) is 9.59 Å². The molecule has 1 atom stereocenters. The maximum absolute atomic E-state index is 13.0. The summed E-state index contributed by atoms with van der Waals surface area (Å²) >= 11 is 1.59. The number of benzene rings is 1. The third kappa shape index (κ3) is 3.21. The first-order valence-corrected chi connectivity index (χ1v) is 9.94. The largest absolute Gasteiger partial charge is 0.497 e. The van der Waals surface area contributed by atoms with Crippen LogP contribution in [0.5, 0.6) is 5.75 Å². The number of ether oxygens (including phenoxy) is 1. The molecule has 1 aromatic heterocycles. The highest BCUT2D eigenvalue weighted by atomic mass is 32.1. The van der Waals surface area contributed by atoms with Gasteiger partial charge in [-0.05, 0) is 43.1 Å². The van der Waals surface area contributed by atoms with Crippen LogP contribution in [0.2, 0.25) is 0 Å². The zero-order chi connectivity index (χ0) is 19.0. The lowest BCUT2D eigenvalue weighted by atomic mass is 9.93. The second kappa shape index (κ2) is 6.98. The maximum atomic E-state index is 13.0. The topological polar surface area (TPSA) is 53.1 Å². The van der Waals surface area contributed by atoms with Crippen LogP contribution >= 0.6 is 11.3 Å². The summed E-state index contributed by atoms with van der Waals surface area (Å²) in [5.74, 6) is 0.802. The van der Waals surface area contributed by atoms with E-state index in [-0.39, 0.29) is 17.4 Å². The standard InChI is InChI=1S/C20H23N3O3S/c1-21-11-18(24)23(16-6-9-27-12-16)14-20(21)7-8-22(13-20)19(25)15-4-3-5-17(10-15)26-2/h3-6,9-10,12H,7-8,11,13-14H2,1-2H3. The van der Waals surface area contributed by atoms with Crippen molar-refractivity contribution in [2.45, 2.75) is 12.0 Å². The van der Waals surface area contributed by atoms with Crippen LogP contribution in [-0.4, -0.2) is 67.5 Å². The minimum atomic E-state index is -0.204. The van der Waals surface area contributed by atoms with Gasteiger partial charge in [0, 0.05) is 30.6 Å². The van der Waals surface area contributed by atoms with Crippen LogP contribution in [0, 0.1) is 0 Å². The fourth-order valence-electron chi connectivity index (χ4n) is 4.01. The Hall–Kier alpha value is -2.38. The number of rotatable bonds is 3. The quantitative estimate of drug-likeness (QED) is 0.814. The number of carbonyl (C=O) groups is 2.